The highest BCUT2D eigenvalue weighted by molar-refractivity contribution is 7.92. The lowest BCUT2D eigenvalue weighted by atomic mass is 10.1. The first kappa shape index (κ1) is 29.2. The lowest BCUT2D eigenvalue weighted by Crippen LogP contribution is -2.52. The molecule has 0 fully saturated rings. The molecule has 7 nitrogen and oxygen atoms in total. The van der Waals surface area contributed by atoms with Gasteiger partial charge in [-0.3, -0.25) is 13.9 Å². The minimum absolute atomic E-state index is 0.0178. The van der Waals surface area contributed by atoms with Crippen LogP contribution in [0.5, 0.6) is 0 Å². The highest BCUT2D eigenvalue weighted by Crippen LogP contribution is 2.27. The largest absolute Gasteiger partial charge is 0.352 e. The fourth-order valence-electron chi connectivity index (χ4n) is 3.33. The molecule has 2 amide bonds. The third-order valence-corrected chi connectivity index (χ3v) is 7.59. The normalized spacial score (nSPS) is 13.1. The topological polar surface area (TPSA) is 86.8 Å². The molecule has 0 aliphatic rings. The van der Waals surface area contributed by atoms with Gasteiger partial charge in [0.05, 0.1) is 11.9 Å². The maximum Gasteiger partial charge on any atom is 0.244 e. The Morgan fingerprint density at radius 2 is 1.63 bits per heavy atom. The Bertz CT molecular complexity index is 1190. The second-order valence-corrected chi connectivity index (χ2v) is 11.6. The van der Waals surface area contributed by atoms with Crippen molar-refractivity contribution in [1.82, 2.24) is 10.2 Å². The van der Waals surface area contributed by atoms with Crippen LogP contribution in [0.4, 0.5) is 5.69 Å². The van der Waals surface area contributed by atoms with E-state index in [2.05, 4.69) is 5.32 Å². The molecule has 192 valence electrons. The smallest absolute Gasteiger partial charge is 0.244 e. The van der Waals surface area contributed by atoms with Crippen LogP contribution >= 0.6 is 34.8 Å². The first-order chi connectivity index (χ1) is 16.2. The number of hydrogen-bond donors (Lipinski definition) is 1. The van der Waals surface area contributed by atoms with Gasteiger partial charge in [0.2, 0.25) is 21.8 Å². The minimum Gasteiger partial charge on any atom is -0.352 e. The fraction of sp³-hybridized carbons (Fsp3) is 0.417. The van der Waals surface area contributed by atoms with Crippen LogP contribution in [0.3, 0.4) is 0 Å². The summed E-state index contributed by atoms with van der Waals surface area (Å²) >= 11 is 18.4. The Morgan fingerprint density at radius 3 is 2.20 bits per heavy atom. The summed E-state index contributed by atoms with van der Waals surface area (Å²) in [5, 5.41) is 3.96. The summed E-state index contributed by atoms with van der Waals surface area (Å²) in [6.07, 6.45) is 1.73. The van der Waals surface area contributed by atoms with E-state index in [0.29, 0.717) is 32.6 Å². The monoisotopic (exact) mass is 561 g/mol. The number of carbonyl (C=O) groups is 2. The van der Waals surface area contributed by atoms with Crippen LogP contribution in [-0.4, -0.2) is 50.0 Å². The number of amides is 2. The lowest BCUT2D eigenvalue weighted by Gasteiger charge is -2.32. The average molecular weight is 563 g/mol. The predicted molar refractivity (Wildman–Crippen MR) is 143 cm³/mol. The maximum atomic E-state index is 13.6. The van der Waals surface area contributed by atoms with Crippen LogP contribution in [0.25, 0.3) is 0 Å². The van der Waals surface area contributed by atoms with E-state index in [9.17, 15) is 18.0 Å². The third kappa shape index (κ3) is 8.00. The van der Waals surface area contributed by atoms with Gasteiger partial charge >= 0.3 is 0 Å². The molecule has 0 aliphatic heterocycles. The molecule has 0 aromatic heterocycles. The molecule has 0 saturated carbocycles. The maximum absolute atomic E-state index is 13.6. The number of benzene rings is 2. The molecule has 2 aromatic rings. The standard InChI is InChI=1S/C24H30Cl3N3O4S/c1-6-16(3)28-24(32)17(4)29(13-18-8-10-19(25)11-21(18)27)23(31)14-30(35(5,33)34)22-12-20(26)9-7-15(22)2/h7-12,16-17H,6,13-14H2,1-5H3,(H,28,32)/t16-,17-/m0/s1. The van der Waals surface area contributed by atoms with E-state index in [0.717, 1.165) is 10.6 Å². The molecular formula is C24H30Cl3N3O4S. The van der Waals surface area contributed by atoms with Crippen molar-refractivity contribution in [2.24, 2.45) is 0 Å². The van der Waals surface area contributed by atoms with Crippen molar-refractivity contribution in [1.29, 1.82) is 0 Å². The average Bonchev–Trinajstić information content (AvgIpc) is 2.77. The van der Waals surface area contributed by atoms with Crippen molar-refractivity contribution >= 4 is 62.3 Å². The summed E-state index contributed by atoms with van der Waals surface area (Å²) in [4.78, 5) is 27.8. The van der Waals surface area contributed by atoms with Crippen LogP contribution in [0.15, 0.2) is 36.4 Å². The Hall–Kier alpha value is -2.00. The zero-order valence-corrected chi connectivity index (χ0v) is 23.4. The van der Waals surface area contributed by atoms with Crippen LogP contribution in [-0.2, 0) is 26.2 Å². The Kier molecular flexibility index (Phi) is 10.3. The fourth-order valence-corrected chi connectivity index (χ4v) is 4.86. The van der Waals surface area contributed by atoms with E-state index in [1.807, 2.05) is 13.8 Å². The number of sulfonamides is 1. The molecule has 0 unspecified atom stereocenters. The molecular weight excluding hydrogens is 533 g/mol. The van der Waals surface area contributed by atoms with Gasteiger partial charge < -0.3 is 10.2 Å². The number of carbonyl (C=O) groups excluding carboxylic acids is 2. The molecule has 2 atom stereocenters. The Labute approximate surface area is 222 Å². The second kappa shape index (κ2) is 12.3. The van der Waals surface area contributed by atoms with Crippen molar-refractivity contribution in [3.05, 3.63) is 62.6 Å². The van der Waals surface area contributed by atoms with Crippen molar-refractivity contribution < 1.29 is 18.0 Å². The molecule has 0 saturated heterocycles. The highest BCUT2D eigenvalue weighted by Gasteiger charge is 2.31. The van der Waals surface area contributed by atoms with Gasteiger partial charge in [0.25, 0.3) is 0 Å². The van der Waals surface area contributed by atoms with Gasteiger partial charge in [-0.05, 0) is 62.6 Å². The van der Waals surface area contributed by atoms with Crippen LogP contribution in [0, 0.1) is 6.92 Å². The van der Waals surface area contributed by atoms with Gasteiger partial charge in [-0.1, -0.05) is 53.9 Å². The predicted octanol–water partition coefficient (Wildman–Crippen LogP) is 5.05. The number of rotatable bonds is 10. The molecule has 1 N–H and O–H groups in total. The molecule has 0 bridgehead atoms. The van der Waals surface area contributed by atoms with Gasteiger partial charge in [0.15, 0.2) is 0 Å². The van der Waals surface area contributed by atoms with Crippen LogP contribution < -0.4 is 9.62 Å². The van der Waals surface area contributed by atoms with E-state index < -0.39 is 28.5 Å². The van der Waals surface area contributed by atoms with Crippen molar-refractivity contribution in [3.8, 4) is 0 Å². The van der Waals surface area contributed by atoms with Gasteiger partial charge in [0.1, 0.15) is 12.6 Å². The van der Waals surface area contributed by atoms with Crippen LogP contribution in [0.1, 0.15) is 38.3 Å². The van der Waals surface area contributed by atoms with Crippen LogP contribution in [0.2, 0.25) is 15.1 Å². The minimum atomic E-state index is -3.86. The molecule has 0 spiro atoms. The summed E-state index contributed by atoms with van der Waals surface area (Å²) in [5.74, 6) is -0.935. The number of halogens is 3. The van der Waals surface area contributed by atoms with E-state index >= 15 is 0 Å². The van der Waals surface area contributed by atoms with E-state index in [1.165, 1.54) is 11.0 Å². The number of aryl methyl sites for hydroxylation is 1. The van der Waals surface area contributed by atoms with E-state index in [-0.39, 0.29) is 24.2 Å². The molecule has 11 heteroatoms. The van der Waals surface area contributed by atoms with Gasteiger partial charge in [-0.25, -0.2) is 8.42 Å². The zero-order valence-electron chi connectivity index (χ0n) is 20.3. The molecule has 2 rings (SSSR count). The number of nitrogens with zero attached hydrogens (tertiary/aromatic N) is 2. The van der Waals surface area contributed by atoms with Gasteiger partial charge in [0, 0.05) is 27.7 Å². The summed E-state index contributed by atoms with van der Waals surface area (Å²) in [5.41, 5.74) is 1.48. The summed E-state index contributed by atoms with van der Waals surface area (Å²) in [7, 11) is -3.86. The SMILES string of the molecule is CC[C@H](C)NC(=O)[C@H](C)N(Cc1ccc(Cl)cc1Cl)C(=O)CN(c1cc(Cl)ccc1C)S(C)(=O)=O. The Morgan fingerprint density at radius 1 is 1.03 bits per heavy atom. The first-order valence-electron chi connectivity index (χ1n) is 11.0. The van der Waals surface area contributed by atoms with Crippen molar-refractivity contribution in [2.45, 2.75) is 52.7 Å². The van der Waals surface area contributed by atoms with Crippen molar-refractivity contribution in [3.63, 3.8) is 0 Å². The quantitative estimate of drug-likeness (QED) is 0.439. The number of hydrogen-bond acceptors (Lipinski definition) is 4. The molecule has 35 heavy (non-hydrogen) atoms. The number of nitrogens with one attached hydrogen (secondary N) is 1. The lowest BCUT2D eigenvalue weighted by molar-refractivity contribution is -0.139. The molecule has 2 aromatic carbocycles. The summed E-state index contributed by atoms with van der Waals surface area (Å²) in [6.45, 7) is 6.57. The van der Waals surface area contributed by atoms with E-state index in [1.54, 1.807) is 44.2 Å². The second-order valence-electron chi connectivity index (χ2n) is 8.45. The molecule has 0 heterocycles. The van der Waals surface area contributed by atoms with E-state index in [4.69, 9.17) is 34.8 Å². The van der Waals surface area contributed by atoms with Gasteiger partial charge in [-0.15, -0.1) is 0 Å². The summed E-state index contributed by atoms with van der Waals surface area (Å²) < 4.78 is 26.4. The molecule has 0 aliphatic carbocycles. The van der Waals surface area contributed by atoms with Gasteiger partial charge in [-0.2, -0.15) is 0 Å². The Balaban J connectivity index is 2.47. The third-order valence-electron chi connectivity index (χ3n) is 5.64. The summed E-state index contributed by atoms with van der Waals surface area (Å²) in [6, 6.07) is 8.65. The molecule has 0 radical (unpaired) electrons. The highest BCUT2D eigenvalue weighted by atomic mass is 35.5. The zero-order chi connectivity index (χ0) is 26.5. The van der Waals surface area contributed by atoms with Crippen molar-refractivity contribution in [2.75, 3.05) is 17.1 Å². The first-order valence-corrected chi connectivity index (χ1v) is 14.0. The number of anilines is 1.